The summed E-state index contributed by atoms with van der Waals surface area (Å²) in [6.45, 7) is 1.94. The Morgan fingerprint density at radius 2 is 1.82 bits per heavy atom. The average Bonchev–Trinajstić information content (AvgIpc) is 2.63. The highest BCUT2D eigenvalue weighted by atomic mass is 35.5. The second kappa shape index (κ2) is 7.53. The summed E-state index contributed by atoms with van der Waals surface area (Å²) in [5.74, 6) is 0. The zero-order valence-corrected chi connectivity index (χ0v) is 15.5. The van der Waals surface area contributed by atoms with Gasteiger partial charge in [0.1, 0.15) is 11.6 Å². The Balaban J connectivity index is 2.28. The standard InChI is InChI=1S/C21H14ClF3N2O/c1-13-5-7-14(8-6-13)11-27-12-18(15-3-2-4-16(22)9-15)19(21(23,24)25)17(10-26)20(27)28/h2-9,12H,11H2,1H3. The van der Waals surface area contributed by atoms with Crippen molar-refractivity contribution in [3.05, 3.63) is 92.4 Å². The first kappa shape index (κ1) is 19.7. The molecule has 0 aliphatic carbocycles. The van der Waals surface area contributed by atoms with Gasteiger partial charge in [-0.3, -0.25) is 4.79 Å². The molecule has 0 saturated heterocycles. The molecule has 0 amide bonds. The maximum Gasteiger partial charge on any atom is 0.418 e. The lowest BCUT2D eigenvalue weighted by molar-refractivity contribution is -0.137. The van der Waals surface area contributed by atoms with Gasteiger partial charge in [-0.15, -0.1) is 0 Å². The van der Waals surface area contributed by atoms with Gasteiger partial charge in [-0.2, -0.15) is 18.4 Å². The fourth-order valence-corrected chi connectivity index (χ4v) is 3.14. The lowest BCUT2D eigenvalue weighted by Crippen LogP contribution is -2.28. The van der Waals surface area contributed by atoms with Crippen molar-refractivity contribution < 1.29 is 13.2 Å². The van der Waals surface area contributed by atoms with Gasteiger partial charge >= 0.3 is 6.18 Å². The van der Waals surface area contributed by atoms with Crippen LogP contribution in [0.25, 0.3) is 11.1 Å². The predicted molar refractivity (Wildman–Crippen MR) is 101 cm³/mol. The molecule has 0 aliphatic heterocycles. The smallest absolute Gasteiger partial charge is 0.309 e. The quantitative estimate of drug-likeness (QED) is 0.587. The van der Waals surface area contributed by atoms with Crippen LogP contribution in [0, 0.1) is 18.3 Å². The molecule has 0 atom stereocenters. The van der Waals surface area contributed by atoms with Gasteiger partial charge < -0.3 is 4.57 Å². The SMILES string of the molecule is Cc1ccc(Cn2cc(-c3cccc(Cl)c3)c(C(F)(F)F)c(C#N)c2=O)cc1. The van der Waals surface area contributed by atoms with Gasteiger partial charge in [0.2, 0.25) is 0 Å². The number of halogens is 4. The lowest BCUT2D eigenvalue weighted by atomic mass is 9.97. The van der Waals surface area contributed by atoms with E-state index in [0.717, 1.165) is 21.9 Å². The minimum absolute atomic E-state index is 0.0412. The molecule has 0 N–H and O–H groups in total. The van der Waals surface area contributed by atoms with Gasteiger partial charge in [-0.1, -0.05) is 53.6 Å². The number of hydrogen-bond acceptors (Lipinski definition) is 2. The number of nitriles is 1. The molecule has 0 unspecified atom stereocenters. The highest BCUT2D eigenvalue weighted by Crippen LogP contribution is 2.38. The lowest BCUT2D eigenvalue weighted by Gasteiger charge is -2.18. The van der Waals surface area contributed by atoms with E-state index in [2.05, 4.69) is 0 Å². The number of rotatable bonds is 3. The van der Waals surface area contributed by atoms with Crippen molar-refractivity contribution in [2.75, 3.05) is 0 Å². The van der Waals surface area contributed by atoms with Crippen LogP contribution in [-0.2, 0) is 12.7 Å². The first-order valence-corrected chi connectivity index (χ1v) is 8.64. The Bertz CT molecular complexity index is 1130. The van der Waals surface area contributed by atoms with Crippen LogP contribution in [0.15, 0.2) is 59.5 Å². The second-order valence-electron chi connectivity index (χ2n) is 6.33. The highest BCUT2D eigenvalue weighted by molar-refractivity contribution is 6.30. The highest BCUT2D eigenvalue weighted by Gasteiger charge is 2.38. The zero-order chi connectivity index (χ0) is 20.5. The molecular formula is C21H14ClF3N2O. The van der Waals surface area contributed by atoms with Crippen molar-refractivity contribution in [2.45, 2.75) is 19.6 Å². The van der Waals surface area contributed by atoms with Crippen molar-refractivity contribution in [2.24, 2.45) is 0 Å². The molecule has 3 aromatic rings. The molecule has 0 saturated carbocycles. The van der Waals surface area contributed by atoms with Gasteiger partial charge in [0, 0.05) is 16.8 Å². The monoisotopic (exact) mass is 402 g/mol. The van der Waals surface area contributed by atoms with Crippen molar-refractivity contribution in [3.63, 3.8) is 0 Å². The topological polar surface area (TPSA) is 45.8 Å². The van der Waals surface area contributed by atoms with Crippen LogP contribution < -0.4 is 5.56 Å². The van der Waals surface area contributed by atoms with E-state index in [4.69, 9.17) is 11.6 Å². The van der Waals surface area contributed by atoms with Crippen LogP contribution >= 0.6 is 11.6 Å². The Hall–Kier alpha value is -3.04. The molecule has 0 aliphatic rings. The summed E-state index contributed by atoms with van der Waals surface area (Å²) in [7, 11) is 0. The van der Waals surface area contributed by atoms with E-state index in [1.165, 1.54) is 30.3 Å². The van der Waals surface area contributed by atoms with Crippen LogP contribution in [0.2, 0.25) is 5.02 Å². The molecule has 3 rings (SSSR count). The number of aromatic nitrogens is 1. The van der Waals surface area contributed by atoms with E-state index in [-0.39, 0.29) is 22.7 Å². The minimum atomic E-state index is -4.87. The van der Waals surface area contributed by atoms with E-state index in [0.29, 0.717) is 0 Å². The summed E-state index contributed by atoms with van der Waals surface area (Å²) < 4.78 is 42.3. The fourth-order valence-electron chi connectivity index (χ4n) is 2.94. The third kappa shape index (κ3) is 3.95. The number of hydrogen-bond donors (Lipinski definition) is 0. The molecule has 142 valence electrons. The van der Waals surface area contributed by atoms with Crippen molar-refractivity contribution >= 4 is 11.6 Å². The van der Waals surface area contributed by atoms with E-state index >= 15 is 0 Å². The molecule has 3 nitrogen and oxygen atoms in total. The maximum atomic E-state index is 13.7. The van der Waals surface area contributed by atoms with Crippen LogP contribution in [0.3, 0.4) is 0 Å². The predicted octanol–water partition coefficient (Wildman–Crippen LogP) is 5.42. The van der Waals surface area contributed by atoms with Crippen molar-refractivity contribution in [1.82, 2.24) is 4.57 Å². The van der Waals surface area contributed by atoms with Gasteiger partial charge in [-0.05, 0) is 30.2 Å². The molecule has 0 spiro atoms. The maximum absolute atomic E-state index is 13.7. The molecular weight excluding hydrogens is 389 g/mol. The summed E-state index contributed by atoms with van der Waals surface area (Å²) in [5.41, 5.74) is -1.51. The number of alkyl halides is 3. The summed E-state index contributed by atoms with van der Waals surface area (Å²) in [5, 5.41) is 9.58. The zero-order valence-electron chi connectivity index (χ0n) is 14.7. The number of pyridine rings is 1. The second-order valence-corrected chi connectivity index (χ2v) is 6.77. The molecule has 0 radical (unpaired) electrons. The summed E-state index contributed by atoms with van der Waals surface area (Å²) in [4.78, 5) is 12.6. The molecule has 7 heteroatoms. The molecule has 1 aromatic heterocycles. The summed E-state index contributed by atoms with van der Waals surface area (Å²) >= 11 is 5.94. The van der Waals surface area contributed by atoms with Crippen LogP contribution in [-0.4, -0.2) is 4.57 Å². The van der Waals surface area contributed by atoms with Crippen LogP contribution in [0.1, 0.15) is 22.3 Å². The molecule has 28 heavy (non-hydrogen) atoms. The first-order valence-electron chi connectivity index (χ1n) is 8.27. The van der Waals surface area contributed by atoms with Gasteiger partial charge in [0.05, 0.1) is 12.1 Å². The van der Waals surface area contributed by atoms with Gasteiger partial charge in [-0.25, -0.2) is 0 Å². The summed E-state index contributed by atoms with van der Waals surface area (Å²) in [6.07, 6.45) is -3.73. The average molecular weight is 403 g/mol. The van der Waals surface area contributed by atoms with Gasteiger partial charge in [0.15, 0.2) is 0 Å². The molecule has 0 fully saturated rings. The number of nitrogens with zero attached hydrogens (tertiary/aromatic N) is 2. The van der Waals surface area contributed by atoms with Crippen LogP contribution in [0.4, 0.5) is 13.2 Å². The normalized spacial score (nSPS) is 11.3. The molecule has 2 aromatic carbocycles. The summed E-state index contributed by atoms with van der Waals surface area (Å²) in [6, 6.07) is 14.6. The fraction of sp³-hybridized carbons (Fsp3) is 0.143. The molecule has 1 heterocycles. The van der Waals surface area contributed by atoms with E-state index in [1.54, 1.807) is 12.1 Å². The molecule has 0 bridgehead atoms. The largest absolute Gasteiger partial charge is 0.418 e. The Labute approximate surface area is 164 Å². The van der Waals surface area contributed by atoms with E-state index in [9.17, 15) is 23.2 Å². The Morgan fingerprint density at radius 1 is 1.14 bits per heavy atom. The van der Waals surface area contributed by atoms with Gasteiger partial charge in [0.25, 0.3) is 5.56 Å². The van der Waals surface area contributed by atoms with Crippen molar-refractivity contribution in [3.8, 4) is 17.2 Å². The first-order chi connectivity index (χ1) is 13.2. The number of aryl methyl sites for hydroxylation is 1. The Morgan fingerprint density at radius 3 is 2.39 bits per heavy atom. The number of benzene rings is 2. The minimum Gasteiger partial charge on any atom is -0.309 e. The van der Waals surface area contributed by atoms with Crippen LogP contribution in [0.5, 0.6) is 0 Å². The third-order valence-corrected chi connectivity index (χ3v) is 4.52. The van der Waals surface area contributed by atoms with Crippen molar-refractivity contribution in [1.29, 1.82) is 5.26 Å². The van der Waals surface area contributed by atoms with E-state index in [1.807, 2.05) is 19.1 Å². The third-order valence-electron chi connectivity index (χ3n) is 4.28. The Kier molecular flexibility index (Phi) is 5.30. The van der Waals surface area contributed by atoms with E-state index < -0.39 is 22.9 Å².